The van der Waals surface area contributed by atoms with E-state index in [0.29, 0.717) is 5.92 Å². The lowest BCUT2D eigenvalue weighted by molar-refractivity contribution is 0.0940. The van der Waals surface area contributed by atoms with Crippen molar-refractivity contribution < 1.29 is 4.79 Å². The molecular weight excluding hydrogens is 276 g/mol. The van der Waals surface area contributed by atoms with Crippen LogP contribution in [0.4, 0.5) is 0 Å². The van der Waals surface area contributed by atoms with Crippen LogP contribution < -0.4 is 5.32 Å². The molecule has 2 heterocycles. The van der Waals surface area contributed by atoms with Crippen LogP contribution in [-0.2, 0) is 7.05 Å². The summed E-state index contributed by atoms with van der Waals surface area (Å²) in [5, 5.41) is 8.43. The molecule has 1 aliphatic rings. The van der Waals surface area contributed by atoms with Crippen LogP contribution >= 0.6 is 0 Å². The highest BCUT2D eigenvalue weighted by atomic mass is 16.1. The molecule has 22 heavy (non-hydrogen) atoms. The number of carbonyl (C=O) groups excluding carboxylic acids is 1. The Bertz CT molecular complexity index is 715. The van der Waals surface area contributed by atoms with Gasteiger partial charge in [0, 0.05) is 24.7 Å². The van der Waals surface area contributed by atoms with Gasteiger partial charge in [-0.2, -0.15) is 5.10 Å². The van der Waals surface area contributed by atoms with E-state index in [2.05, 4.69) is 24.3 Å². The summed E-state index contributed by atoms with van der Waals surface area (Å²) in [6.45, 7) is 6.12. The van der Waals surface area contributed by atoms with Crippen LogP contribution in [0.5, 0.6) is 0 Å². The van der Waals surface area contributed by atoms with Crippen molar-refractivity contribution in [3.8, 4) is 0 Å². The van der Waals surface area contributed by atoms with Gasteiger partial charge in [0.05, 0.1) is 16.6 Å². The molecule has 2 aromatic rings. The normalized spacial score (nSPS) is 16.0. The van der Waals surface area contributed by atoms with Crippen molar-refractivity contribution in [3.05, 3.63) is 23.0 Å². The molecule has 1 unspecified atom stereocenters. The monoisotopic (exact) mass is 300 g/mol. The van der Waals surface area contributed by atoms with Gasteiger partial charge in [0.25, 0.3) is 5.91 Å². The van der Waals surface area contributed by atoms with E-state index in [1.165, 1.54) is 12.8 Å². The molecule has 2 aromatic heterocycles. The number of hydrogen-bond donors (Lipinski definition) is 1. The molecule has 1 amide bonds. The second-order valence-electron chi connectivity index (χ2n) is 6.44. The maximum atomic E-state index is 12.7. The zero-order valence-electron chi connectivity index (χ0n) is 13.8. The third kappa shape index (κ3) is 2.72. The first-order valence-electron chi connectivity index (χ1n) is 8.16. The molecule has 1 saturated carbocycles. The number of fused-ring (bicyclic) bond motifs is 1. The van der Waals surface area contributed by atoms with Crippen LogP contribution in [0.1, 0.15) is 67.2 Å². The van der Waals surface area contributed by atoms with Crippen LogP contribution in [-0.4, -0.2) is 26.7 Å². The van der Waals surface area contributed by atoms with Crippen LogP contribution in [0.15, 0.2) is 6.07 Å². The highest BCUT2D eigenvalue weighted by Gasteiger charge is 2.28. The van der Waals surface area contributed by atoms with Gasteiger partial charge in [-0.25, -0.2) is 4.98 Å². The summed E-state index contributed by atoms with van der Waals surface area (Å²) in [7, 11) is 1.89. The fraction of sp³-hybridized carbons (Fsp3) is 0.588. The average molecular weight is 300 g/mol. The first-order valence-corrected chi connectivity index (χ1v) is 8.16. The third-order valence-corrected chi connectivity index (χ3v) is 4.33. The van der Waals surface area contributed by atoms with Gasteiger partial charge < -0.3 is 5.32 Å². The number of nitrogens with one attached hydrogen (secondary N) is 1. The second kappa shape index (κ2) is 5.71. The van der Waals surface area contributed by atoms with Gasteiger partial charge in [-0.3, -0.25) is 9.48 Å². The Hall–Kier alpha value is -1.91. The van der Waals surface area contributed by atoms with Gasteiger partial charge in [0.2, 0.25) is 0 Å². The molecule has 0 saturated heterocycles. The summed E-state index contributed by atoms with van der Waals surface area (Å²) in [5.74, 6) is 0.505. The van der Waals surface area contributed by atoms with Gasteiger partial charge in [-0.15, -0.1) is 0 Å². The number of rotatable bonds is 5. The largest absolute Gasteiger partial charge is 0.350 e. The molecule has 0 aliphatic heterocycles. The molecule has 5 nitrogen and oxygen atoms in total. The second-order valence-corrected chi connectivity index (χ2v) is 6.44. The molecular formula is C17H24N4O. The minimum atomic E-state index is -0.00801. The van der Waals surface area contributed by atoms with Crippen molar-refractivity contribution >= 4 is 16.9 Å². The average Bonchev–Trinajstić information content (AvgIpc) is 3.26. The van der Waals surface area contributed by atoms with Crippen molar-refractivity contribution in [3.63, 3.8) is 0 Å². The Morgan fingerprint density at radius 3 is 2.86 bits per heavy atom. The van der Waals surface area contributed by atoms with Crippen LogP contribution in [0.25, 0.3) is 11.0 Å². The van der Waals surface area contributed by atoms with Crippen LogP contribution in [0.2, 0.25) is 0 Å². The lowest BCUT2D eigenvalue weighted by Crippen LogP contribution is -2.32. The molecule has 1 N–H and O–H groups in total. The van der Waals surface area contributed by atoms with Gasteiger partial charge in [0.15, 0.2) is 5.65 Å². The van der Waals surface area contributed by atoms with E-state index < -0.39 is 0 Å². The van der Waals surface area contributed by atoms with Crippen LogP contribution in [0, 0.1) is 6.92 Å². The standard InChI is InChI=1S/C17H24N4O/c1-5-6-10(2)18-17(22)13-9-14(12-7-8-12)19-16-15(13)11(3)20-21(16)4/h9-10,12H,5-8H2,1-4H3,(H,18,22). The topological polar surface area (TPSA) is 59.8 Å². The van der Waals surface area contributed by atoms with Crippen molar-refractivity contribution in [1.82, 2.24) is 20.1 Å². The van der Waals surface area contributed by atoms with E-state index in [4.69, 9.17) is 4.98 Å². The summed E-state index contributed by atoms with van der Waals surface area (Å²) >= 11 is 0. The number of pyridine rings is 1. The van der Waals surface area contributed by atoms with E-state index in [1.807, 2.05) is 20.0 Å². The Kier molecular flexibility index (Phi) is 3.89. The van der Waals surface area contributed by atoms with Gasteiger partial charge in [0.1, 0.15) is 0 Å². The molecule has 118 valence electrons. The van der Waals surface area contributed by atoms with Gasteiger partial charge in [-0.05, 0) is 39.2 Å². The summed E-state index contributed by atoms with van der Waals surface area (Å²) in [4.78, 5) is 17.5. The van der Waals surface area contributed by atoms with Gasteiger partial charge in [-0.1, -0.05) is 13.3 Å². The highest BCUT2D eigenvalue weighted by Crippen LogP contribution is 2.40. The quantitative estimate of drug-likeness (QED) is 0.923. The number of aryl methyl sites for hydroxylation is 2. The molecule has 0 spiro atoms. The number of aromatic nitrogens is 3. The molecule has 5 heteroatoms. The zero-order valence-corrected chi connectivity index (χ0v) is 13.8. The first-order chi connectivity index (χ1) is 10.5. The molecule has 0 aromatic carbocycles. The minimum absolute atomic E-state index is 0.00801. The lowest BCUT2D eigenvalue weighted by Gasteiger charge is -2.14. The maximum Gasteiger partial charge on any atom is 0.252 e. The number of hydrogen-bond acceptors (Lipinski definition) is 3. The molecule has 0 bridgehead atoms. The molecule has 1 fully saturated rings. The Morgan fingerprint density at radius 2 is 2.23 bits per heavy atom. The van der Waals surface area contributed by atoms with Crippen molar-refractivity contribution in [2.24, 2.45) is 7.05 Å². The number of amides is 1. The number of carbonyl (C=O) groups is 1. The maximum absolute atomic E-state index is 12.7. The summed E-state index contributed by atoms with van der Waals surface area (Å²) < 4.78 is 1.78. The smallest absolute Gasteiger partial charge is 0.252 e. The van der Waals surface area contributed by atoms with Crippen molar-refractivity contribution in [2.45, 2.75) is 58.4 Å². The number of nitrogens with zero attached hydrogens (tertiary/aromatic N) is 3. The van der Waals surface area contributed by atoms with E-state index in [0.717, 1.165) is 40.8 Å². The summed E-state index contributed by atoms with van der Waals surface area (Å²) in [6.07, 6.45) is 4.39. The summed E-state index contributed by atoms with van der Waals surface area (Å²) in [6, 6.07) is 2.16. The lowest BCUT2D eigenvalue weighted by atomic mass is 10.1. The Morgan fingerprint density at radius 1 is 1.50 bits per heavy atom. The predicted molar refractivity (Wildman–Crippen MR) is 87.1 cm³/mol. The molecule has 1 atom stereocenters. The third-order valence-electron chi connectivity index (χ3n) is 4.33. The summed E-state index contributed by atoms with van der Waals surface area (Å²) in [5.41, 5.74) is 3.43. The molecule has 3 rings (SSSR count). The molecule has 1 aliphatic carbocycles. The van der Waals surface area contributed by atoms with E-state index >= 15 is 0 Å². The minimum Gasteiger partial charge on any atom is -0.350 e. The Balaban J connectivity index is 2.04. The van der Waals surface area contributed by atoms with E-state index in [1.54, 1.807) is 4.68 Å². The van der Waals surface area contributed by atoms with Crippen molar-refractivity contribution in [1.29, 1.82) is 0 Å². The Labute approximate surface area is 131 Å². The fourth-order valence-electron chi connectivity index (χ4n) is 3.04. The first kappa shape index (κ1) is 15.0. The molecule has 0 radical (unpaired) electrons. The van der Waals surface area contributed by atoms with Crippen molar-refractivity contribution in [2.75, 3.05) is 0 Å². The van der Waals surface area contributed by atoms with Crippen LogP contribution in [0.3, 0.4) is 0 Å². The SMILES string of the molecule is CCCC(C)NC(=O)c1cc(C2CC2)nc2c1c(C)nn2C. The zero-order chi connectivity index (χ0) is 15.9. The van der Waals surface area contributed by atoms with E-state index in [-0.39, 0.29) is 11.9 Å². The highest BCUT2D eigenvalue weighted by molar-refractivity contribution is 6.06. The predicted octanol–water partition coefficient (Wildman–Crippen LogP) is 3.07. The van der Waals surface area contributed by atoms with Gasteiger partial charge >= 0.3 is 0 Å². The fourth-order valence-corrected chi connectivity index (χ4v) is 3.04. The van der Waals surface area contributed by atoms with E-state index in [9.17, 15) is 4.79 Å².